The third-order valence-electron chi connectivity index (χ3n) is 1.81. The first-order chi connectivity index (χ1) is 7.16. The van der Waals surface area contributed by atoms with Crippen LogP contribution in [0.25, 0.3) is 11.3 Å². The molecule has 6 heteroatoms. The Labute approximate surface area is 85.0 Å². The van der Waals surface area contributed by atoms with Crippen molar-refractivity contribution in [2.24, 2.45) is 0 Å². The maximum Gasteiger partial charge on any atom is 0.222 e. The van der Waals surface area contributed by atoms with Gasteiger partial charge in [-0.1, -0.05) is 0 Å². The van der Waals surface area contributed by atoms with Gasteiger partial charge in [-0.3, -0.25) is 4.98 Å². The second kappa shape index (κ2) is 3.49. The number of nitrogens with two attached hydrogens (primary N) is 2. The van der Waals surface area contributed by atoms with Crippen LogP contribution in [0.15, 0.2) is 24.5 Å². The van der Waals surface area contributed by atoms with Gasteiger partial charge >= 0.3 is 0 Å². The minimum absolute atomic E-state index is 0.0150. The third-order valence-corrected chi connectivity index (χ3v) is 1.81. The van der Waals surface area contributed by atoms with E-state index in [0.717, 1.165) is 6.20 Å². The van der Waals surface area contributed by atoms with Crippen molar-refractivity contribution in [1.29, 1.82) is 0 Å². The molecule has 2 heterocycles. The van der Waals surface area contributed by atoms with Crippen molar-refractivity contribution in [2.45, 2.75) is 0 Å². The first-order valence-electron chi connectivity index (χ1n) is 4.17. The van der Waals surface area contributed by atoms with Crippen LogP contribution in [0.5, 0.6) is 0 Å². The van der Waals surface area contributed by atoms with Crippen LogP contribution < -0.4 is 11.5 Å². The Hall–Kier alpha value is -2.24. The molecule has 0 aliphatic carbocycles. The zero-order valence-electron chi connectivity index (χ0n) is 7.68. The van der Waals surface area contributed by atoms with E-state index < -0.39 is 5.82 Å². The van der Waals surface area contributed by atoms with Crippen LogP contribution in [0, 0.1) is 5.82 Å². The van der Waals surface area contributed by atoms with Crippen molar-refractivity contribution < 1.29 is 4.39 Å². The average Bonchev–Trinajstić information content (AvgIpc) is 2.16. The first kappa shape index (κ1) is 9.32. The molecular formula is C9H8FN5. The molecule has 0 aliphatic heterocycles. The third kappa shape index (κ3) is 1.83. The molecule has 0 aliphatic rings. The van der Waals surface area contributed by atoms with Gasteiger partial charge < -0.3 is 11.5 Å². The molecule has 0 bridgehead atoms. The van der Waals surface area contributed by atoms with Crippen LogP contribution in [0.3, 0.4) is 0 Å². The quantitative estimate of drug-likeness (QED) is 0.719. The Morgan fingerprint density at radius 3 is 2.67 bits per heavy atom. The largest absolute Gasteiger partial charge is 0.384 e. The van der Waals surface area contributed by atoms with Gasteiger partial charge in [0.1, 0.15) is 5.82 Å². The molecule has 0 atom stereocenters. The van der Waals surface area contributed by atoms with E-state index >= 15 is 0 Å². The molecular weight excluding hydrogens is 197 g/mol. The lowest BCUT2D eigenvalue weighted by Crippen LogP contribution is -2.01. The highest BCUT2D eigenvalue weighted by Crippen LogP contribution is 2.21. The summed E-state index contributed by atoms with van der Waals surface area (Å²) in [5.74, 6) is -0.259. The van der Waals surface area contributed by atoms with Crippen LogP contribution in [0.4, 0.5) is 16.2 Å². The highest BCUT2D eigenvalue weighted by Gasteiger charge is 2.07. The Bertz CT molecular complexity index is 479. The van der Waals surface area contributed by atoms with Crippen molar-refractivity contribution in [2.75, 3.05) is 11.5 Å². The summed E-state index contributed by atoms with van der Waals surface area (Å²) in [5, 5.41) is 0. The number of aromatic nitrogens is 3. The van der Waals surface area contributed by atoms with E-state index in [9.17, 15) is 4.39 Å². The van der Waals surface area contributed by atoms with E-state index in [2.05, 4.69) is 15.0 Å². The van der Waals surface area contributed by atoms with Crippen molar-refractivity contribution in [3.8, 4) is 11.3 Å². The molecule has 2 aromatic heterocycles. The lowest BCUT2D eigenvalue weighted by atomic mass is 10.2. The van der Waals surface area contributed by atoms with E-state index in [0.29, 0.717) is 11.3 Å². The van der Waals surface area contributed by atoms with Gasteiger partial charge in [0.25, 0.3) is 0 Å². The fraction of sp³-hybridized carbons (Fsp3) is 0. The number of hydrogen-bond donors (Lipinski definition) is 2. The van der Waals surface area contributed by atoms with Crippen LogP contribution in [0.2, 0.25) is 0 Å². The molecule has 2 aromatic rings. The summed E-state index contributed by atoms with van der Waals surface area (Å²) >= 11 is 0. The Balaban J connectivity index is 2.59. The smallest absolute Gasteiger partial charge is 0.222 e. The fourth-order valence-electron chi connectivity index (χ4n) is 1.21. The maximum atomic E-state index is 13.3. The number of pyridine rings is 1. The number of nitrogen functional groups attached to an aromatic ring is 2. The standard InChI is InChI=1S/C9H8FN5/c10-6-4-13-2-1-5(6)7-3-8(11)15-9(12)14-7/h1-4H,(H4,11,12,14,15). The normalized spacial score (nSPS) is 10.2. The molecule has 0 amide bonds. The predicted octanol–water partition coefficient (Wildman–Crippen LogP) is 0.842. The monoisotopic (exact) mass is 205 g/mol. The van der Waals surface area contributed by atoms with Crippen molar-refractivity contribution >= 4 is 11.8 Å². The minimum Gasteiger partial charge on any atom is -0.384 e. The van der Waals surface area contributed by atoms with E-state index in [-0.39, 0.29) is 11.8 Å². The van der Waals surface area contributed by atoms with E-state index in [1.807, 2.05) is 0 Å². The molecule has 76 valence electrons. The molecule has 0 fully saturated rings. The first-order valence-corrected chi connectivity index (χ1v) is 4.17. The lowest BCUT2D eigenvalue weighted by molar-refractivity contribution is 0.624. The SMILES string of the molecule is Nc1cc(-c2ccncc2F)nc(N)n1. The summed E-state index contributed by atoms with van der Waals surface area (Å²) in [6, 6.07) is 2.95. The molecule has 0 radical (unpaired) electrons. The van der Waals surface area contributed by atoms with E-state index in [1.165, 1.54) is 18.3 Å². The van der Waals surface area contributed by atoms with Crippen molar-refractivity contribution in [3.05, 3.63) is 30.3 Å². The Kier molecular flexibility index (Phi) is 2.17. The molecule has 0 unspecified atom stereocenters. The Morgan fingerprint density at radius 1 is 1.20 bits per heavy atom. The second-order valence-electron chi connectivity index (χ2n) is 2.89. The summed E-state index contributed by atoms with van der Waals surface area (Å²) in [7, 11) is 0. The van der Waals surface area contributed by atoms with Crippen LogP contribution >= 0.6 is 0 Å². The molecule has 0 saturated heterocycles. The highest BCUT2D eigenvalue weighted by atomic mass is 19.1. The van der Waals surface area contributed by atoms with Crippen molar-refractivity contribution in [3.63, 3.8) is 0 Å². The van der Waals surface area contributed by atoms with Crippen LogP contribution in [0.1, 0.15) is 0 Å². The van der Waals surface area contributed by atoms with Crippen LogP contribution in [-0.4, -0.2) is 15.0 Å². The fourth-order valence-corrected chi connectivity index (χ4v) is 1.21. The average molecular weight is 205 g/mol. The topological polar surface area (TPSA) is 90.7 Å². The van der Waals surface area contributed by atoms with Gasteiger partial charge in [0.15, 0.2) is 5.82 Å². The Morgan fingerprint density at radius 2 is 2.00 bits per heavy atom. The summed E-state index contributed by atoms with van der Waals surface area (Å²) < 4.78 is 13.3. The lowest BCUT2D eigenvalue weighted by Gasteiger charge is -2.03. The summed E-state index contributed by atoms with van der Waals surface area (Å²) in [6.07, 6.45) is 2.57. The van der Waals surface area contributed by atoms with Gasteiger partial charge in [-0.15, -0.1) is 0 Å². The zero-order chi connectivity index (χ0) is 10.8. The molecule has 5 nitrogen and oxygen atoms in total. The van der Waals surface area contributed by atoms with Gasteiger partial charge in [-0.25, -0.2) is 9.37 Å². The molecule has 15 heavy (non-hydrogen) atoms. The summed E-state index contributed by atoms with van der Waals surface area (Å²) in [5.41, 5.74) is 11.5. The second-order valence-corrected chi connectivity index (χ2v) is 2.89. The number of nitrogens with zero attached hydrogens (tertiary/aromatic N) is 3. The predicted molar refractivity (Wildman–Crippen MR) is 54.0 cm³/mol. The molecule has 0 aromatic carbocycles. The van der Waals surface area contributed by atoms with Gasteiger partial charge in [0, 0.05) is 17.8 Å². The van der Waals surface area contributed by atoms with E-state index in [4.69, 9.17) is 11.5 Å². The van der Waals surface area contributed by atoms with Gasteiger partial charge in [-0.2, -0.15) is 4.98 Å². The summed E-state index contributed by atoms with van der Waals surface area (Å²) in [4.78, 5) is 11.2. The maximum absolute atomic E-state index is 13.3. The van der Waals surface area contributed by atoms with Crippen LogP contribution in [-0.2, 0) is 0 Å². The summed E-state index contributed by atoms with van der Waals surface area (Å²) in [6.45, 7) is 0. The molecule has 0 spiro atoms. The number of hydrogen-bond acceptors (Lipinski definition) is 5. The van der Waals surface area contributed by atoms with Crippen molar-refractivity contribution in [1.82, 2.24) is 15.0 Å². The molecule has 4 N–H and O–H groups in total. The zero-order valence-corrected chi connectivity index (χ0v) is 7.68. The molecule has 0 saturated carbocycles. The molecule has 2 rings (SSSR count). The minimum atomic E-state index is -0.477. The number of halogens is 1. The van der Waals surface area contributed by atoms with E-state index in [1.54, 1.807) is 0 Å². The number of anilines is 2. The highest BCUT2D eigenvalue weighted by molar-refractivity contribution is 5.63. The van der Waals surface area contributed by atoms with Gasteiger partial charge in [-0.05, 0) is 6.07 Å². The number of rotatable bonds is 1. The van der Waals surface area contributed by atoms with Gasteiger partial charge in [0.2, 0.25) is 5.95 Å². The van der Waals surface area contributed by atoms with Gasteiger partial charge in [0.05, 0.1) is 11.9 Å².